The smallest absolute Gasteiger partial charge is 0.0328 e. The van der Waals surface area contributed by atoms with Crippen LogP contribution in [0.25, 0.3) is 0 Å². The summed E-state index contributed by atoms with van der Waals surface area (Å²) < 4.78 is 1.20. The third-order valence-corrected chi connectivity index (χ3v) is 4.32. The van der Waals surface area contributed by atoms with Crippen LogP contribution in [-0.4, -0.2) is 24.0 Å². The van der Waals surface area contributed by atoms with Gasteiger partial charge in [0.25, 0.3) is 0 Å². The number of hydrogen-bond acceptors (Lipinski definition) is 3. The molecule has 0 saturated carbocycles. The second-order valence-electron chi connectivity index (χ2n) is 3.84. The molecule has 0 aliphatic carbocycles. The van der Waals surface area contributed by atoms with Gasteiger partial charge in [0.2, 0.25) is 0 Å². The van der Waals surface area contributed by atoms with E-state index in [4.69, 9.17) is 5.73 Å². The van der Waals surface area contributed by atoms with E-state index in [0.717, 1.165) is 32.5 Å². The minimum Gasteiger partial charge on any atom is -0.328 e. The monoisotopic (exact) mass is 310 g/mol. The van der Waals surface area contributed by atoms with Gasteiger partial charge < -0.3 is 5.73 Å². The molecule has 0 radical (unpaired) electrons. The Morgan fingerprint density at radius 3 is 2.67 bits per heavy atom. The number of nitrogens with two attached hydrogens (primary N) is 1. The summed E-state index contributed by atoms with van der Waals surface area (Å²) in [6.45, 7) is 3.39. The number of rotatable bonds is 2. The molecule has 1 fully saturated rings. The first-order valence-corrected chi connectivity index (χ1v) is 6.62. The molecule has 2 N–H and O–H groups in total. The summed E-state index contributed by atoms with van der Waals surface area (Å²) in [6.07, 6.45) is 2.29. The van der Waals surface area contributed by atoms with Gasteiger partial charge in [-0.15, -0.1) is 23.7 Å². The fraction of sp³-hybridized carbons (Fsp3) is 0.600. The van der Waals surface area contributed by atoms with E-state index in [1.54, 1.807) is 0 Å². The molecule has 0 unspecified atom stereocenters. The highest BCUT2D eigenvalue weighted by molar-refractivity contribution is 9.10. The number of likely N-dealkylation sites (tertiary alicyclic amines) is 1. The Bertz CT molecular complexity index is 297. The van der Waals surface area contributed by atoms with Gasteiger partial charge in [-0.1, -0.05) is 0 Å². The minimum atomic E-state index is 0. The van der Waals surface area contributed by atoms with Gasteiger partial charge in [-0.2, -0.15) is 0 Å². The van der Waals surface area contributed by atoms with Crippen LogP contribution in [0.1, 0.15) is 17.7 Å². The molecule has 0 atom stereocenters. The molecule has 1 aliphatic rings. The molecule has 0 spiro atoms. The average Bonchev–Trinajstić information content (AvgIpc) is 2.56. The molecule has 0 aromatic carbocycles. The number of nitrogens with zero attached hydrogens (tertiary/aromatic N) is 1. The van der Waals surface area contributed by atoms with Crippen molar-refractivity contribution in [2.24, 2.45) is 5.73 Å². The van der Waals surface area contributed by atoms with E-state index in [9.17, 15) is 0 Å². The molecule has 15 heavy (non-hydrogen) atoms. The van der Waals surface area contributed by atoms with Crippen LogP contribution in [0, 0.1) is 0 Å². The van der Waals surface area contributed by atoms with Crippen LogP contribution >= 0.6 is 39.7 Å². The standard InChI is InChI=1S/C10H15BrN2S.ClH/c11-8-5-10(14-7-8)6-13-3-1-9(12)2-4-13;/h5,7,9H,1-4,6,12H2;1H. The van der Waals surface area contributed by atoms with Crippen molar-refractivity contribution in [1.82, 2.24) is 4.90 Å². The van der Waals surface area contributed by atoms with Crippen molar-refractivity contribution in [3.05, 3.63) is 20.8 Å². The Labute approximate surface area is 109 Å². The largest absolute Gasteiger partial charge is 0.328 e. The molecule has 1 saturated heterocycles. The first-order chi connectivity index (χ1) is 6.74. The van der Waals surface area contributed by atoms with Crippen LogP contribution in [0.15, 0.2) is 15.9 Å². The van der Waals surface area contributed by atoms with Gasteiger partial charge in [-0.3, -0.25) is 4.90 Å². The zero-order chi connectivity index (χ0) is 9.97. The number of hydrogen-bond donors (Lipinski definition) is 1. The quantitative estimate of drug-likeness (QED) is 0.910. The Hall–Kier alpha value is 0.390. The maximum Gasteiger partial charge on any atom is 0.0328 e. The summed E-state index contributed by atoms with van der Waals surface area (Å²) in [5.74, 6) is 0. The van der Waals surface area contributed by atoms with Gasteiger partial charge >= 0.3 is 0 Å². The third kappa shape index (κ3) is 4.04. The van der Waals surface area contributed by atoms with Crippen molar-refractivity contribution >= 4 is 39.7 Å². The van der Waals surface area contributed by atoms with Crippen LogP contribution in [0.2, 0.25) is 0 Å². The number of piperidine rings is 1. The molecule has 1 aliphatic heterocycles. The van der Waals surface area contributed by atoms with Crippen molar-refractivity contribution < 1.29 is 0 Å². The van der Waals surface area contributed by atoms with Crippen LogP contribution < -0.4 is 5.73 Å². The summed E-state index contributed by atoms with van der Waals surface area (Å²) in [4.78, 5) is 3.93. The topological polar surface area (TPSA) is 29.3 Å². The van der Waals surface area contributed by atoms with Crippen molar-refractivity contribution in [2.75, 3.05) is 13.1 Å². The zero-order valence-electron chi connectivity index (χ0n) is 8.49. The van der Waals surface area contributed by atoms with E-state index < -0.39 is 0 Å². The second kappa shape index (κ2) is 6.21. The Balaban J connectivity index is 0.00000112. The lowest BCUT2D eigenvalue weighted by Gasteiger charge is -2.29. The van der Waals surface area contributed by atoms with Crippen LogP contribution in [0.4, 0.5) is 0 Å². The maximum absolute atomic E-state index is 5.86. The third-order valence-electron chi connectivity index (χ3n) is 2.63. The van der Waals surface area contributed by atoms with Crippen molar-refractivity contribution in [3.63, 3.8) is 0 Å². The molecule has 0 bridgehead atoms. The first-order valence-electron chi connectivity index (χ1n) is 4.95. The molecule has 2 nitrogen and oxygen atoms in total. The van der Waals surface area contributed by atoms with Gasteiger partial charge in [0.15, 0.2) is 0 Å². The molecular weight excluding hydrogens is 296 g/mol. The van der Waals surface area contributed by atoms with Gasteiger partial charge in [0.05, 0.1) is 0 Å². The SMILES string of the molecule is Cl.NC1CCN(Cc2cc(Br)cs2)CC1. The molecule has 2 rings (SSSR count). The molecule has 2 heterocycles. The summed E-state index contributed by atoms with van der Waals surface area (Å²) in [5.41, 5.74) is 5.86. The van der Waals surface area contributed by atoms with Crippen molar-refractivity contribution in [1.29, 1.82) is 0 Å². The fourth-order valence-electron chi connectivity index (χ4n) is 1.77. The fourth-order valence-corrected chi connectivity index (χ4v) is 3.26. The minimum absolute atomic E-state index is 0. The van der Waals surface area contributed by atoms with Gasteiger partial charge in [0, 0.05) is 27.3 Å². The number of halogens is 2. The van der Waals surface area contributed by atoms with Crippen LogP contribution in [0.5, 0.6) is 0 Å². The maximum atomic E-state index is 5.86. The van der Waals surface area contributed by atoms with Crippen LogP contribution in [0.3, 0.4) is 0 Å². The lowest BCUT2D eigenvalue weighted by Crippen LogP contribution is -2.39. The Morgan fingerprint density at radius 2 is 2.13 bits per heavy atom. The summed E-state index contributed by atoms with van der Waals surface area (Å²) in [7, 11) is 0. The van der Waals surface area contributed by atoms with Crippen molar-refractivity contribution in [2.45, 2.75) is 25.4 Å². The van der Waals surface area contributed by atoms with Gasteiger partial charge in [-0.25, -0.2) is 0 Å². The first kappa shape index (κ1) is 13.5. The van der Waals surface area contributed by atoms with Gasteiger partial charge in [-0.05, 0) is 47.9 Å². The Morgan fingerprint density at radius 1 is 1.47 bits per heavy atom. The average molecular weight is 312 g/mol. The molecular formula is C10H16BrClN2S. The normalized spacial score (nSPS) is 18.8. The van der Waals surface area contributed by atoms with E-state index in [1.165, 1.54) is 9.35 Å². The summed E-state index contributed by atoms with van der Waals surface area (Å²) in [5, 5.41) is 2.14. The summed E-state index contributed by atoms with van der Waals surface area (Å²) in [6, 6.07) is 2.64. The predicted molar refractivity (Wildman–Crippen MR) is 71.8 cm³/mol. The molecule has 86 valence electrons. The Kier molecular flexibility index (Phi) is 5.57. The number of thiophene rings is 1. The highest BCUT2D eigenvalue weighted by Gasteiger charge is 2.16. The summed E-state index contributed by atoms with van der Waals surface area (Å²) >= 11 is 5.30. The predicted octanol–water partition coefficient (Wildman–Crippen LogP) is 2.86. The van der Waals surface area contributed by atoms with E-state index in [1.807, 2.05) is 11.3 Å². The second-order valence-corrected chi connectivity index (χ2v) is 5.76. The molecule has 5 heteroatoms. The highest BCUT2D eigenvalue weighted by atomic mass is 79.9. The molecule has 1 aromatic rings. The van der Waals surface area contributed by atoms with Gasteiger partial charge in [0.1, 0.15) is 0 Å². The highest BCUT2D eigenvalue weighted by Crippen LogP contribution is 2.22. The lowest BCUT2D eigenvalue weighted by molar-refractivity contribution is 0.207. The molecule has 1 aromatic heterocycles. The van der Waals surface area contributed by atoms with Crippen molar-refractivity contribution in [3.8, 4) is 0 Å². The van der Waals surface area contributed by atoms with E-state index in [0.29, 0.717) is 6.04 Å². The lowest BCUT2D eigenvalue weighted by atomic mass is 10.1. The van der Waals surface area contributed by atoms with Crippen LogP contribution in [-0.2, 0) is 6.54 Å². The van der Waals surface area contributed by atoms with E-state index in [-0.39, 0.29) is 12.4 Å². The zero-order valence-corrected chi connectivity index (χ0v) is 11.7. The van der Waals surface area contributed by atoms with E-state index in [2.05, 4.69) is 32.3 Å². The van der Waals surface area contributed by atoms with E-state index >= 15 is 0 Å². The molecule has 0 amide bonds.